The molecule has 0 saturated carbocycles. The van der Waals surface area contributed by atoms with Gasteiger partial charge in [0, 0.05) is 16.3 Å². The number of hydrogen-bond donors (Lipinski definition) is 2. The average Bonchev–Trinajstić information content (AvgIpc) is 2.77. The van der Waals surface area contributed by atoms with Crippen LogP contribution in [0.2, 0.25) is 10.0 Å². The van der Waals surface area contributed by atoms with Crippen LogP contribution in [-0.2, 0) is 0 Å². The van der Waals surface area contributed by atoms with Gasteiger partial charge in [0.05, 0.1) is 15.9 Å². The standard InChI is InChI=1S/C13H9Cl2N3/c14-7-4-5-9(15)8(6-7)13-12-10(16)2-1-3-11(12)17-18-13/h1-6H,16H2,(H,17,18). The number of nitrogen functional groups attached to an aromatic ring is 1. The fourth-order valence-corrected chi connectivity index (χ4v) is 2.35. The molecule has 0 aliphatic heterocycles. The summed E-state index contributed by atoms with van der Waals surface area (Å²) in [4.78, 5) is 0. The van der Waals surface area contributed by atoms with Crippen molar-refractivity contribution in [1.29, 1.82) is 0 Å². The number of H-pyrrole nitrogens is 1. The van der Waals surface area contributed by atoms with E-state index in [1.54, 1.807) is 18.2 Å². The summed E-state index contributed by atoms with van der Waals surface area (Å²) in [5, 5.41) is 9.29. The first-order chi connectivity index (χ1) is 8.66. The number of nitrogens with two attached hydrogens (primary N) is 1. The monoisotopic (exact) mass is 277 g/mol. The number of nitrogens with one attached hydrogen (secondary N) is 1. The van der Waals surface area contributed by atoms with Crippen molar-refractivity contribution in [3.63, 3.8) is 0 Å². The molecule has 1 aromatic heterocycles. The quantitative estimate of drug-likeness (QED) is 0.658. The lowest BCUT2D eigenvalue weighted by Gasteiger charge is -2.03. The number of anilines is 1. The van der Waals surface area contributed by atoms with Crippen LogP contribution in [0, 0.1) is 0 Å². The van der Waals surface area contributed by atoms with E-state index in [0.29, 0.717) is 15.7 Å². The molecule has 0 unspecified atom stereocenters. The largest absolute Gasteiger partial charge is 0.398 e. The van der Waals surface area contributed by atoms with Gasteiger partial charge in [0.25, 0.3) is 0 Å². The first kappa shape index (κ1) is 11.4. The highest BCUT2D eigenvalue weighted by molar-refractivity contribution is 6.35. The van der Waals surface area contributed by atoms with E-state index in [4.69, 9.17) is 28.9 Å². The van der Waals surface area contributed by atoms with Gasteiger partial charge in [-0.25, -0.2) is 0 Å². The highest BCUT2D eigenvalue weighted by Gasteiger charge is 2.13. The molecule has 2 aromatic carbocycles. The van der Waals surface area contributed by atoms with Crippen molar-refractivity contribution in [2.24, 2.45) is 0 Å². The van der Waals surface area contributed by atoms with E-state index in [1.807, 2.05) is 18.2 Å². The molecule has 0 saturated heterocycles. The highest BCUT2D eigenvalue weighted by atomic mass is 35.5. The molecule has 0 bridgehead atoms. The SMILES string of the molecule is Nc1cccc2[nH]nc(-c3cc(Cl)ccc3Cl)c12. The Kier molecular flexibility index (Phi) is 2.65. The van der Waals surface area contributed by atoms with Crippen LogP contribution in [0.15, 0.2) is 36.4 Å². The molecular formula is C13H9Cl2N3. The molecule has 3 N–H and O–H groups in total. The Labute approximate surface area is 114 Å². The zero-order valence-electron chi connectivity index (χ0n) is 9.24. The summed E-state index contributed by atoms with van der Waals surface area (Å²) in [7, 11) is 0. The van der Waals surface area contributed by atoms with E-state index < -0.39 is 0 Å². The number of benzene rings is 2. The van der Waals surface area contributed by atoms with Gasteiger partial charge in [-0.05, 0) is 30.3 Å². The Bertz CT molecular complexity index is 734. The van der Waals surface area contributed by atoms with Gasteiger partial charge in [0.15, 0.2) is 0 Å². The van der Waals surface area contributed by atoms with Gasteiger partial charge in [-0.1, -0.05) is 29.3 Å². The lowest BCUT2D eigenvalue weighted by atomic mass is 10.1. The van der Waals surface area contributed by atoms with Gasteiger partial charge >= 0.3 is 0 Å². The lowest BCUT2D eigenvalue weighted by Crippen LogP contribution is -1.87. The van der Waals surface area contributed by atoms with Crippen molar-refractivity contribution in [3.8, 4) is 11.3 Å². The Morgan fingerprint density at radius 2 is 1.94 bits per heavy atom. The second-order valence-electron chi connectivity index (χ2n) is 3.97. The van der Waals surface area contributed by atoms with Gasteiger partial charge in [0.1, 0.15) is 5.69 Å². The van der Waals surface area contributed by atoms with Gasteiger partial charge in [-0.2, -0.15) is 5.10 Å². The molecular weight excluding hydrogens is 269 g/mol. The van der Waals surface area contributed by atoms with Gasteiger partial charge in [-0.15, -0.1) is 0 Å². The third-order valence-corrected chi connectivity index (χ3v) is 3.37. The first-order valence-electron chi connectivity index (χ1n) is 5.35. The van der Waals surface area contributed by atoms with Gasteiger partial charge < -0.3 is 5.73 Å². The van der Waals surface area contributed by atoms with Gasteiger partial charge in [0.2, 0.25) is 0 Å². The summed E-state index contributed by atoms with van der Waals surface area (Å²) in [6.45, 7) is 0. The van der Waals surface area contributed by atoms with E-state index in [-0.39, 0.29) is 0 Å². The van der Waals surface area contributed by atoms with E-state index >= 15 is 0 Å². The number of hydrogen-bond acceptors (Lipinski definition) is 2. The van der Waals surface area contributed by atoms with E-state index in [2.05, 4.69) is 10.2 Å². The highest BCUT2D eigenvalue weighted by Crippen LogP contribution is 2.35. The number of fused-ring (bicyclic) bond motifs is 1. The molecule has 0 atom stereocenters. The first-order valence-corrected chi connectivity index (χ1v) is 6.10. The third-order valence-electron chi connectivity index (χ3n) is 2.81. The van der Waals surface area contributed by atoms with Crippen LogP contribution in [-0.4, -0.2) is 10.2 Å². The number of aromatic nitrogens is 2. The van der Waals surface area contributed by atoms with Crippen molar-refractivity contribution < 1.29 is 0 Å². The smallest absolute Gasteiger partial charge is 0.104 e. The number of rotatable bonds is 1. The number of halogens is 2. The Hall–Kier alpha value is -1.71. The Balaban J connectivity index is 2.35. The van der Waals surface area contributed by atoms with E-state index in [9.17, 15) is 0 Å². The summed E-state index contributed by atoms with van der Waals surface area (Å²) in [6, 6.07) is 10.9. The molecule has 3 rings (SSSR count). The molecule has 0 spiro atoms. The predicted octanol–water partition coefficient (Wildman–Crippen LogP) is 4.12. The zero-order valence-corrected chi connectivity index (χ0v) is 10.8. The van der Waals surface area contributed by atoms with Crippen LogP contribution in [0.5, 0.6) is 0 Å². The van der Waals surface area contributed by atoms with Crippen LogP contribution < -0.4 is 5.73 Å². The summed E-state index contributed by atoms with van der Waals surface area (Å²) < 4.78 is 0. The minimum absolute atomic E-state index is 0.594. The lowest BCUT2D eigenvalue weighted by molar-refractivity contribution is 1.12. The van der Waals surface area contributed by atoms with Crippen molar-refractivity contribution >= 4 is 39.8 Å². The molecule has 0 aliphatic carbocycles. The van der Waals surface area contributed by atoms with Gasteiger partial charge in [-0.3, -0.25) is 5.10 Å². The maximum absolute atomic E-state index is 6.19. The van der Waals surface area contributed by atoms with Crippen molar-refractivity contribution in [1.82, 2.24) is 10.2 Å². The second-order valence-corrected chi connectivity index (χ2v) is 4.81. The molecule has 5 heteroatoms. The van der Waals surface area contributed by atoms with E-state index in [1.165, 1.54) is 0 Å². The molecule has 0 radical (unpaired) electrons. The fourth-order valence-electron chi connectivity index (χ4n) is 1.97. The van der Waals surface area contributed by atoms with Crippen molar-refractivity contribution in [3.05, 3.63) is 46.4 Å². The molecule has 3 nitrogen and oxygen atoms in total. The summed E-state index contributed by atoms with van der Waals surface area (Å²) in [6.07, 6.45) is 0. The normalized spacial score (nSPS) is 11.0. The van der Waals surface area contributed by atoms with E-state index in [0.717, 1.165) is 22.2 Å². The van der Waals surface area contributed by atoms with Crippen LogP contribution in [0.1, 0.15) is 0 Å². The number of nitrogens with zero attached hydrogens (tertiary/aromatic N) is 1. The Morgan fingerprint density at radius 1 is 1.11 bits per heavy atom. The summed E-state index contributed by atoms with van der Waals surface area (Å²) in [5.41, 5.74) is 9.02. The molecule has 3 aromatic rings. The fraction of sp³-hybridized carbons (Fsp3) is 0. The minimum Gasteiger partial charge on any atom is -0.398 e. The molecule has 90 valence electrons. The minimum atomic E-state index is 0.594. The third kappa shape index (κ3) is 1.72. The molecule has 1 heterocycles. The second kappa shape index (κ2) is 4.19. The maximum Gasteiger partial charge on any atom is 0.104 e. The summed E-state index contributed by atoms with van der Waals surface area (Å²) >= 11 is 12.2. The van der Waals surface area contributed by atoms with Crippen LogP contribution in [0.25, 0.3) is 22.2 Å². The molecule has 18 heavy (non-hydrogen) atoms. The topological polar surface area (TPSA) is 54.7 Å². The van der Waals surface area contributed by atoms with Crippen molar-refractivity contribution in [2.75, 3.05) is 5.73 Å². The number of aromatic amines is 1. The van der Waals surface area contributed by atoms with Crippen LogP contribution >= 0.6 is 23.2 Å². The molecule has 0 fully saturated rings. The Morgan fingerprint density at radius 3 is 2.78 bits per heavy atom. The van der Waals surface area contributed by atoms with Crippen LogP contribution in [0.3, 0.4) is 0 Å². The molecule has 0 aliphatic rings. The van der Waals surface area contributed by atoms with Crippen LogP contribution in [0.4, 0.5) is 5.69 Å². The van der Waals surface area contributed by atoms with Crippen molar-refractivity contribution in [2.45, 2.75) is 0 Å². The average molecular weight is 278 g/mol. The predicted molar refractivity (Wildman–Crippen MR) is 76.0 cm³/mol. The summed E-state index contributed by atoms with van der Waals surface area (Å²) in [5.74, 6) is 0. The maximum atomic E-state index is 6.19. The zero-order chi connectivity index (χ0) is 12.7. The molecule has 0 amide bonds.